The third kappa shape index (κ3) is 4.80. The molecule has 0 aromatic heterocycles. The van der Waals surface area contributed by atoms with Crippen LogP contribution in [0.3, 0.4) is 0 Å². The van der Waals surface area contributed by atoms with Gasteiger partial charge in [0.25, 0.3) is 0 Å². The lowest BCUT2D eigenvalue weighted by Crippen LogP contribution is -2.42. The summed E-state index contributed by atoms with van der Waals surface area (Å²) in [7, 11) is -3.77. The van der Waals surface area contributed by atoms with Crippen molar-refractivity contribution in [3.63, 3.8) is 0 Å². The van der Waals surface area contributed by atoms with Crippen LogP contribution in [0.25, 0.3) is 5.83 Å². The summed E-state index contributed by atoms with van der Waals surface area (Å²) >= 11 is 0. The first kappa shape index (κ1) is 23.4. The SMILES string of the molecule is CCOC(=O)c1ccc(/C(F)=C2/CN(S(=O)(=O)c3ccc(C)cc3)CC3=CCCC[C@H]32)cc1. The molecule has 0 bridgehead atoms. The van der Waals surface area contributed by atoms with Gasteiger partial charge in [-0.3, -0.25) is 0 Å². The highest BCUT2D eigenvalue weighted by Crippen LogP contribution is 2.41. The van der Waals surface area contributed by atoms with Crippen molar-refractivity contribution in [1.82, 2.24) is 4.31 Å². The molecule has 0 N–H and O–H groups in total. The number of halogens is 1. The van der Waals surface area contributed by atoms with Crippen LogP contribution < -0.4 is 0 Å². The number of nitrogens with zero attached hydrogens (tertiary/aromatic N) is 1. The molecule has 1 saturated heterocycles. The highest BCUT2D eigenvalue weighted by atomic mass is 32.2. The minimum absolute atomic E-state index is 0.00365. The largest absolute Gasteiger partial charge is 0.462 e. The number of rotatable bonds is 5. The summed E-state index contributed by atoms with van der Waals surface area (Å²) in [6.07, 6.45) is 4.67. The van der Waals surface area contributed by atoms with E-state index >= 15 is 4.39 Å². The van der Waals surface area contributed by atoms with Gasteiger partial charge in [-0.05, 0) is 62.9 Å². The van der Waals surface area contributed by atoms with Crippen molar-refractivity contribution >= 4 is 21.8 Å². The number of ether oxygens (including phenoxy) is 1. The molecule has 0 amide bonds. The number of esters is 1. The molecule has 2 aromatic carbocycles. The van der Waals surface area contributed by atoms with Gasteiger partial charge < -0.3 is 4.74 Å². The molecule has 1 aliphatic carbocycles. The van der Waals surface area contributed by atoms with E-state index in [0.717, 1.165) is 30.4 Å². The van der Waals surface area contributed by atoms with Crippen LogP contribution in [0.15, 0.2) is 70.6 Å². The Morgan fingerprint density at radius 3 is 2.39 bits per heavy atom. The second-order valence-electron chi connectivity index (χ2n) is 8.49. The zero-order valence-corrected chi connectivity index (χ0v) is 19.7. The lowest BCUT2D eigenvalue weighted by molar-refractivity contribution is 0.0526. The second kappa shape index (κ2) is 9.61. The van der Waals surface area contributed by atoms with E-state index in [2.05, 4.69) is 6.08 Å². The van der Waals surface area contributed by atoms with E-state index in [1.807, 2.05) is 6.92 Å². The summed E-state index contributed by atoms with van der Waals surface area (Å²) in [4.78, 5) is 12.1. The van der Waals surface area contributed by atoms with Gasteiger partial charge in [-0.15, -0.1) is 0 Å². The average Bonchev–Trinajstić information content (AvgIpc) is 2.83. The van der Waals surface area contributed by atoms with Gasteiger partial charge in [0.2, 0.25) is 10.0 Å². The molecule has 1 atom stereocenters. The Morgan fingerprint density at radius 2 is 1.73 bits per heavy atom. The normalized spacial score (nSPS) is 20.6. The van der Waals surface area contributed by atoms with Crippen molar-refractivity contribution in [1.29, 1.82) is 0 Å². The minimum Gasteiger partial charge on any atom is -0.462 e. The third-order valence-electron chi connectivity index (χ3n) is 6.27. The molecule has 1 fully saturated rings. The number of piperidine rings is 1. The lowest BCUT2D eigenvalue weighted by Gasteiger charge is -2.38. The summed E-state index contributed by atoms with van der Waals surface area (Å²) in [6.45, 7) is 4.17. The summed E-state index contributed by atoms with van der Waals surface area (Å²) in [5, 5.41) is 0. The fourth-order valence-electron chi connectivity index (χ4n) is 4.47. The smallest absolute Gasteiger partial charge is 0.338 e. The molecule has 7 heteroatoms. The maximum atomic E-state index is 15.8. The number of aryl methyl sites for hydroxylation is 1. The molecule has 5 nitrogen and oxygen atoms in total. The van der Waals surface area contributed by atoms with Crippen LogP contribution in [-0.2, 0) is 14.8 Å². The van der Waals surface area contributed by atoms with Crippen molar-refractivity contribution in [3.8, 4) is 0 Å². The van der Waals surface area contributed by atoms with Crippen LogP contribution in [0.5, 0.6) is 0 Å². The van der Waals surface area contributed by atoms with Gasteiger partial charge in [0, 0.05) is 24.6 Å². The quantitative estimate of drug-likeness (QED) is 0.441. The van der Waals surface area contributed by atoms with E-state index < -0.39 is 21.8 Å². The maximum absolute atomic E-state index is 15.8. The van der Waals surface area contributed by atoms with E-state index in [1.54, 1.807) is 43.3 Å². The van der Waals surface area contributed by atoms with Gasteiger partial charge in [-0.25, -0.2) is 17.6 Å². The molecular formula is C26H28FNO4S. The first-order valence-electron chi connectivity index (χ1n) is 11.2. The predicted molar refractivity (Wildman–Crippen MR) is 126 cm³/mol. The molecule has 0 spiro atoms. The number of carbonyl (C=O) groups is 1. The molecule has 1 aliphatic heterocycles. The molecule has 174 valence electrons. The molecule has 4 rings (SSSR count). The fraction of sp³-hybridized carbons (Fsp3) is 0.346. The van der Waals surface area contributed by atoms with Gasteiger partial charge in [0.15, 0.2) is 0 Å². The van der Waals surface area contributed by atoms with Gasteiger partial charge in [0.1, 0.15) is 5.83 Å². The van der Waals surface area contributed by atoms with Crippen LogP contribution in [-0.4, -0.2) is 38.4 Å². The number of carbonyl (C=O) groups excluding carboxylic acids is 1. The third-order valence-corrected chi connectivity index (χ3v) is 8.07. The molecule has 1 heterocycles. The topological polar surface area (TPSA) is 63.7 Å². The Hall–Kier alpha value is -2.77. The van der Waals surface area contributed by atoms with E-state index in [0.29, 0.717) is 16.7 Å². The summed E-state index contributed by atoms with van der Waals surface area (Å²) < 4.78 is 48.9. The van der Waals surface area contributed by atoms with E-state index in [9.17, 15) is 13.2 Å². The number of benzene rings is 2. The van der Waals surface area contributed by atoms with Gasteiger partial charge in [-0.1, -0.05) is 41.5 Å². The molecule has 0 unspecified atom stereocenters. The number of allylic oxidation sites excluding steroid dienone is 1. The molecule has 0 saturated carbocycles. The molecule has 33 heavy (non-hydrogen) atoms. The number of sulfonamides is 1. The molecule has 2 aromatic rings. The van der Waals surface area contributed by atoms with Crippen LogP contribution in [0.1, 0.15) is 47.7 Å². The monoisotopic (exact) mass is 469 g/mol. The fourth-order valence-corrected chi connectivity index (χ4v) is 5.88. The molecular weight excluding hydrogens is 441 g/mol. The summed E-state index contributed by atoms with van der Waals surface area (Å²) in [6, 6.07) is 12.9. The average molecular weight is 470 g/mol. The van der Waals surface area contributed by atoms with Crippen LogP contribution in [0.4, 0.5) is 4.39 Å². The lowest BCUT2D eigenvalue weighted by atomic mass is 9.79. The van der Waals surface area contributed by atoms with Crippen molar-refractivity contribution < 1.29 is 22.3 Å². The number of hydrogen-bond acceptors (Lipinski definition) is 4. The van der Waals surface area contributed by atoms with E-state index in [4.69, 9.17) is 4.74 Å². The van der Waals surface area contributed by atoms with Gasteiger partial charge in [0.05, 0.1) is 17.1 Å². The number of hydrogen-bond donors (Lipinski definition) is 0. The van der Waals surface area contributed by atoms with Crippen molar-refractivity contribution in [2.75, 3.05) is 19.7 Å². The zero-order valence-electron chi connectivity index (χ0n) is 18.9. The predicted octanol–water partition coefficient (Wildman–Crippen LogP) is 5.28. The standard InChI is InChI=1S/C26H28FNO4S/c1-3-32-26(29)20-12-10-19(11-13-20)25(27)24-17-28(16-21-6-4-5-7-23(21)24)33(30,31)22-14-8-18(2)9-15-22/h6,8-15,23H,3-5,7,16-17H2,1-2H3/b25-24+/t23-/m1/s1. The van der Waals surface area contributed by atoms with E-state index in [-0.39, 0.29) is 30.5 Å². The Kier molecular flexibility index (Phi) is 6.81. The number of fused-ring (bicyclic) bond motifs is 1. The highest BCUT2D eigenvalue weighted by Gasteiger charge is 2.37. The summed E-state index contributed by atoms with van der Waals surface area (Å²) in [5.41, 5.74) is 3.09. The highest BCUT2D eigenvalue weighted by molar-refractivity contribution is 7.89. The maximum Gasteiger partial charge on any atom is 0.338 e. The Balaban J connectivity index is 1.70. The van der Waals surface area contributed by atoms with Gasteiger partial charge in [-0.2, -0.15) is 4.31 Å². The van der Waals surface area contributed by atoms with E-state index in [1.165, 1.54) is 16.4 Å². The minimum atomic E-state index is -3.77. The Morgan fingerprint density at radius 1 is 1.06 bits per heavy atom. The van der Waals surface area contributed by atoms with Crippen molar-refractivity contribution in [2.24, 2.45) is 5.92 Å². The van der Waals surface area contributed by atoms with Gasteiger partial charge >= 0.3 is 5.97 Å². The Bertz CT molecular complexity index is 1200. The van der Waals surface area contributed by atoms with Crippen LogP contribution >= 0.6 is 0 Å². The van der Waals surface area contributed by atoms with Crippen LogP contribution in [0.2, 0.25) is 0 Å². The second-order valence-corrected chi connectivity index (χ2v) is 10.4. The van der Waals surface area contributed by atoms with Crippen molar-refractivity contribution in [2.45, 2.75) is 38.0 Å². The molecule has 2 aliphatic rings. The first-order chi connectivity index (χ1) is 15.8. The Labute approximate surface area is 194 Å². The summed E-state index contributed by atoms with van der Waals surface area (Å²) in [5.74, 6) is -0.984. The first-order valence-corrected chi connectivity index (χ1v) is 12.7. The molecule has 0 radical (unpaired) electrons. The zero-order chi connectivity index (χ0) is 23.6. The van der Waals surface area contributed by atoms with Crippen LogP contribution in [0, 0.1) is 12.8 Å². The van der Waals surface area contributed by atoms with Crippen molar-refractivity contribution in [3.05, 3.63) is 82.4 Å².